The summed E-state index contributed by atoms with van der Waals surface area (Å²) in [5.74, 6) is 0.329. The van der Waals surface area contributed by atoms with E-state index >= 15 is 0 Å². The second-order valence-corrected chi connectivity index (χ2v) is 9.03. The summed E-state index contributed by atoms with van der Waals surface area (Å²) in [7, 11) is 0. The topological polar surface area (TPSA) is 0 Å². The maximum Gasteiger partial charge on any atom is -0.000123 e. The molecule has 4 aromatic rings. The number of fused-ring (bicyclic) bond motifs is 2. The highest BCUT2D eigenvalue weighted by molar-refractivity contribution is 6.11. The van der Waals surface area contributed by atoms with Gasteiger partial charge in [-0.3, -0.25) is 0 Å². The average molecular weight is 481 g/mol. The van der Waals surface area contributed by atoms with Crippen LogP contribution in [-0.4, -0.2) is 0 Å². The second-order valence-electron chi connectivity index (χ2n) is 9.03. The summed E-state index contributed by atoms with van der Waals surface area (Å²) in [6.45, 7) is 16.8. The van der Waals surface area contributed by atoms with Crippen LogP contribution in [0.1, 0.15) is 44.4 Å². The lowest BCUT2D eigenvalue weighted by atomic mass is 9.80. The molecule has 4 aromatic carbocycles. The molecule has 1 aliphatic carbocycles. The van der Waals surface area contributed by atoms with Crippen LogP contribution in [0.5, 0.6) is 0 Å². The van der Waals surface area contributed by atoms with Gasteiger partial charge in [-0.15, -0.1) is 0 Å². The van der Waals surface area contributed by atoms with E-state index in [4.69, 9.17) is 0 Å². The van der Waals surface area contributed by atoms with Gasteiger partial charge in [-0.1, -0.05) is 143 Å². The van der Waals surface area contributed by atoms with E-state index in [0.29, 0.717) is 5.92 Å². The molecule has 0 radical (unpaired) electrons. The molecule has 0 fully saturated rings. The van der Waals surface area contributed by atoms with Crippen molar-refractivity contribution in [2.24, 2.45) is 5.92 Å². The molecule has 0 amide bonds. The molecular weight excluding hydrogens is 444 g/mol. The van der Waals surface area contributed by atoms with E-state index in [9.17, 15) is 0 Å². The van der Waals surface area contributed by atoms with Crippen molar-refractivity contribution in [2.75, 3.05) is 0 Å². The minimum atomic E-state index is 0.329. The first kappa shape index (κ1) is 25.9. The first-order chi connectivity index (χ1) is 18.2. The molecule has 1 aliphatic rings. The van der Waals surface area contributed by atoms with Crippen molar-refractivity contribution in [1.82, 2.24) is 0 Å². The number of hydrogen-bond donors (Lipinski definition) is 0. The van der Waals surface area contributed by atoms with Gasteiger partial charge in [0.1, 0.15) is 0 Å². The quantitative estimate of drug-likeness (QED) is 0.266. The molecule has 0 saturated heterocycles. The van der Waals surface area contributed by atoms with Gasteiger partial charge in [-0.2, -0.15) is 0 Å². The minimum Gasteiger partial charge on any atom is -0.0984 e. The highest BCUT2D eigenvalue weighted by atomic mass is 14.2. The molecule has 0 aliphatic heterocycles. The molecule has 5 rings (SSSR count). The molecular formula is C37H36. The van der Waals surface area contributed by atoms with Crippen molar-refractivity contribution in [3.8, 4) is 11.1 Å². The Kier molecular flexibility index (Phi) is 8.21. The third kappa shape index (κ3) is 4.93. The van der Waals surface area contributed by atoms with Crippen LogP contribution in [0.25, 0.3) is 50.4 Å². The van der Waals surface area contributed by atoms with E-state index in [0.717, 1.165) is 11.1 Å². The third-order valence-corrected chi connectivity index (χ3v) is 6.92. The van der Waals surface area contributed by atoms with Crippen LogP contribution in [0.2, 0.25) is 0 Å². The number of benzene rings is 4. The predicted octanol–water partition coefficient (Wildman–Crippen LogP) is 11.1. The molecule has 0 bridgehead atoms. The van der Waals surface area contributed by atoms with Crippen LogP contribution in [0.15, 0.2) is 122 Å². The lowest BCUT2D eigenvalue weighted by molar-refractivity contribution is 0.887. The van der Waals surface area contributed by atoms with Crippen molar-refractivity contribution < 1.29 is 0 Å². The highest BCUT2D eigenvalue weighted by Gasteiger charge is 2.21. The normalized spacial score (nSPS) is 16.1. The lowest BCUT2D eigenvalue weighted by Gasteiger charge is -2.23. The van der Waals surface area contributed by atoms with E-state index < -0.39 is 0 Å². The van der Waals surface area contributed by atoms with Crippen LogP contribution in [0, 0.1) is 5.92 Å². The summed E-state index contributed by atoms with van der Waals surface area (Å²) in [5, 5.41) is 4.95. The summed E-state index contributed by atoms with van der Waals surface area (Å²) in [4.78, 5) is 0. The Bertz CT molecular complexity index is 1580. The zero-order chi connectivity index (χ0) is 26.4. The van der Waals surface area contributed by atoms with E-state index in [2.05, 4.69) is 123 Å². The molecule has 0 heterocycles. The van der Waals surface area contributed by atoms with Gasteiger partial charge in [-0.05, 0) is 79.4 Å². The van der Waals surface area contributed by atoms with Gasteiger partial charge < -0.3 is 0 Å². The van der Waals surface area contributed by atoms with Crippen molar-refractivity contribution in [2.45, 2.75) is 27.7 Å². The summed E-state index contributed by atoms with van der Waals surface area (Å²) < 4.78 is 0. The molecule has 0 heteroatoms. The second kappa shape index (κ2) is 11.7. The fourth-order valence-corrected chi connectivity index (χ4v) is 5.21. The highest BCUT2D eigenvalue weighted by Crippen LogP contribution is 2.43. The number of hydrogen-bond acceptors (Lipinski definition) is 0. The van der Waals surface area contributed by atoms with Crippen LogP contribution in [-0.2, 0) is 0 Å². The molecule has 0 spiro atoms. The van der Waals surface area contributed by atoms with Crippen molar-refractivity contribution in [1.29, 1.82) is 0 Å². The minimum absolute atomic E-state index is 0.329. The Balaban J connectivity index is 0.00000156. The number of rotatable bonds is 5. The smallest absolute Gasteiger partial charge is 0.000123 e. The molecule has 184 valence electrons. The molecule has 0 N–H and O–H groups in total. The molecule has 1 unspecified atom stereocenters. The van der Waals surface area contributed by atoms with E-state index in [1.165, 1.54) is 49.4 Å². The maximum absolute atomic E-state index is 4.24. The first-order valence-corrected chi connectivity index (χ1v) is 13.2. The van der Waals surface area contributed by atoms with Crippen molar-refractivity contribution >= 4 is 39.3 Å². The van der Waals surface area contributed by atoms with E-state index in [1.807, 2.05) is 32.9 Å². The van der Waals surface area contributed by atoms with Gasteiger partial charge in [0.25, 0.3) is 0 Å². The van der Waals surface area contributed by atoms with Gasteiger partial charge in [0.15, 0.2) is 0 Å². The van der Waals surface area contributed by atoms with Gasteiger partial charge in [0.05, 0.1) is 0 Å². The van der Waals surface area contributed by atoms with Crippen LogP contribution in [0.4, 0.5) is 0 Å². The summed E-state index contributed by atoms with van der Waals surface area (Å²) in [6, 6.07) is 24.0. The predicted molar refractivity (Wildman–Crippen MR) is 168 cm³/mol. The van der Waals surface area contributed by atoms with Crippen LogP contribution < -0.4 is 0 Å². The Morgan fingerprint density at radius 2 is 1.35 bits per heavy atom. The Labute approximate surface area is 222 Å². The van der Waals surface area contributed by atoms with Gasteiger partial charge in [0, 0.05) is 0 Å². The fraction of sp³-hybridized carbons (Fsp3) is 0.135. The molecule has 0 nitrogen and oxygen atoms in total. The Hall–Kier alpha value is -4.16. The summed E-state index contributed by atoms with van der Waals surface area (Å²) >= 11 is 0. The first-order valence-electron chi connectivity index (χ1n) is 13.2. The Morgan fingerprint density at radius 1 is 0.730 bits per heavy atom. The molecule has 37 heavy (non-hydrogen) atoms. The monoisotopic (exact) mass is 480 g/mol. The average Bonchev–Trinajstić information content (AvgIpc) is 2.96. The maximum atomic E-state index is 4.24. The zero-order valence-corrected chi connectivity index (χ0v) is 22.5. The van der Waals surface area contributed by atoms with Gasteiger partial charge >= 0.3 is 0 Å². The summed E-state index contributed by atoms with van der Waals surface area (Å²) in [6.07, 6.45) is 17.2. The van der Waals surface area contributed by atoms with Crippen molar-refractivity contribution in [3.63, 3.8) is 0 Å². The van der Waals surface area contributed by atoms with Crippen molar-refractivity contribution in [3.05, 3.63) is 139 Å². The third-order valence-electron chi connectivity index (χ3n) is 6.92. The SMILES string of the molecule is C=Cc1c(C=C)c(-c2ccc3ccccc3c2)c2ccccc2c1C1=CC(C)/C(=C\C=C/C)C=C1.CC. The fourth-order valence-electron chi connectivity index (χ4n) is 5.21. The largest absolute Gasteiger partial charge is 0.0984 e. The van der Waals surface area contributed by atoms with E-state index in [-0.39, 0.29) is 0 Å². The summed E-state index contributed by atoms with van der Waals surface area (Å²) in [5.41, 5.74) is 8.43. The molecule has 0 saturated carbocycles. The molecule has 0 aromatic heterocycles. The molecule has 1 atom stereocenters. The number of allylic oxidation sites excluding steroid dienone is 8. The van der Waals surface area contributed by atoms with Gasteiger partial charge in [0.2, 0.25) is 0 Å². The van der Waals surface area contributed by atoms with Gasteiger partial charge in [-0.25, -0.2) is 0 Å². The lowest BCUT2D eigenvalue weighted by Crippen LogP contribution is -2.03. The van der Waals surface area contributed by atoms with Crippen LogP contribution >= 0.6 is 0 Å². The Morgan fingerprint density at radius 3 is 2.00 bits per heavy atom. The van der Waals surface area contributed by atoms with E-state index in [1.54, 1.807) is 0 Å². The zero-order valence-electron chi connectivity index (χ0n) is 22.5. The standard InChI is InChI=1S/C35H30.C2H6/c1-5-8-13-25-18-20-28(22-24(25)4)34-30(6-2)31(7-3)35(33-17-12-11-16-32(33)34)29-21-19-26-14-9-10-15-27(26)23-29;1-2/h5-24H,2-3H2,1,4H3;1-2H3/b8-5-,25-13-;. The van der Waals surface area contributed by atoms with Crippen LogP contribution in [0.3, 0.4) is 0 Å².